The van der Waals surface area contributed by atoms with E-state index in [0.717, 1.165) is 17.9 Å². The lowest BCUT2D eigenvalue weighted by Gasteiger charge is -2.08. The van der Waals surface area contributed by atoms with Crippen molar-refractivity contribution < 1.29 is 0 Å². The van der Waals surface area contributed by atoms with Crippen LogP contribution in [0.2, 0.25) is 0 Å². The predicted octanol–water partition coefficient (Wildman–Crippen LogP) is 12.1. The second-order valence-electron chi connectivity index (χ2n) is 9.58. The molecule has 0 aliphatic heterocycles. The van der Waals surface area contributed by atoms with E-state index in [-0.39, 0.29) is 0 Å². The Labute approximate surface area is 237 Å². The number of benzene rings is 3. The smallest absolute Gasteiger partial charge is 0.00197 e. The fraction of sp³-hybridized carbons (Fsp3) is 0.368. The van der Waals surface area contributed by atoms with E-state index >= 15 is 0 Å². The zero-order chi connectivity index (χ0) is 29.3. The molecule has 0 spiro atoms. The molecule has 0 amide bonds. The first-order valence-corrected chi connectivity index (χ1v) is 14.2. The maximum atomic E-state index is 3.88. The van der Waals surface area contributed by atoms with Crippen LogP contribution < -0.4 is 0 Å². The first-order valence-electron chi connectivity index (χ1n) is 14.2. The largest absolute Gasteiger partial charge is 0.0988 e. The summed E-state index contributed by atoms with van der Waals surface area (Å²) in [5.41, 5.74) is 8.89. The summed E-state index contributed by atoms with van der Waals surface area (Å²) in [4.78, 5) is 0. The van der Waals surface area contributed by atoms with E-state index in [4.69, 9.17) is 0 Å². The van der Waals surface area contributed by atoms with E-state index in [0.29, 0.717) is 0 Å². The van der Waals surface area contributed by atoms with Crippen LogP contribution in [0.25, 0.3) is 6.08 Å². The lowest BCUT2D eigenvalue weighted by Crippen LogP contribution is -1.92. The molecule has 1 unspecified atom stereocenters. The zero-order valence-electron chi connectivity index (χ0n) is 26.1. The van der Waals surface area contributed by atoms with Gasteiger partial charge in [0.15, 0.2) is 0 Å². The number of allylic oxidation sites excluding steroid dienone is 2. The van der Waals surface area contributed by atoms with Crippen molar-refractivity contribution in [2.24, 2.45) is 5.92 Å². The zero-order valence-corrected chi connectivity index (χ0v) is 26.1. The molecule has 0 saturated carbocycles. The average molecular weight is 513 g/mol. The highest BCUT2D eigenvalue weighted by Crippen LogP contribution is 2.18. The molecular weight excluding hydrogens is 456 g/mol. The van der Waals surface area contributed by atoms with Gasteiger partial charge >= 0.3 is 0 Å². The molecule has 0 radical (unpaired) electrons. The maximum Gasteiger partial charge on any atom is -0.00197 e. The van der Waals surface area contributed by atoms with Gasteiger partial charge in [-0.2, -0.15) is 0 Å². The molecule has 208 valence electrons. The highest BCUT2D eigenvalue weighted by Gasteiger charge is 2.01. The molecule has 0 heterocycles. The summed E-state index contributed by atoms with van der Waals surface area (Å²) in [5, 5.41) is 0. The van der Waals surface area contributed by atoms with E-state index in [2.05, 4.69) is 116 Å². The van der Waals surface area contributed by atoms with Crippen LogP contribution in [0.15, 0.2) is 104 Å². The predicted molar refractivity (Wildman–Crippen MR) is 177 cm³/mol. The van der Waals surface area contributed by atoms with Gasteiger partial charge in [-0.05, 0) is 56.7 Å². The summed E-state index contributed by atoms with van der Waals surface area (Å²) < 4.78 is 0. The van der Waals surface area contributed by atoms with Crippen LogP contribution in [0.3, 0.4) is 0 Å². The maximum absolute atomic E-state index is 3.88. The highest BCUT2D eigenvalue weighted by molar-refractivity contribution is 5.54. The SMILES string of the molecule is C=CC(=C)C.C=Cc1ccc(C)cc1Cc1ccc(C)cc1.CC.CCCC(C)CC.Cc1ccccc1. The van der Waals surface area contributed by atoms with Crippen molar-refractivity contribution in [3.8, 4) is 0 Å². The molecule has 0 saturated heterocycles. The Morgan fingerprint density at radius 1 is 0.789 bits per heavy atom. The van der Waals surface area contributed by atoms with Gasteiger partial charge in [-0.25, -0.2) is 0 Å². The van der Waals surface area contributed by atoms with Gasteiger partial charge in [-0.3, -0.25) is 0 Å². The van der Waals surface area contributed by atoms with Crippen molar-refractivity contribution in [3.63, 3.8) is 0 Å². The summed E-state index contributed by atoms with van der Waals surface area (Å²) in [6.45, 7) is 29.9. The molecule has 0 fully saturated rings. The highest BCUT2D eigenvalue weighted by atomic mass is 14.1. The molecule has 0 nitrogen and oxygen atoms in total. The third kappa shape index (κ3) is 20.0. The monoisotopic (exact) mass is 512 g/mol. The quantitative estimate of drug-likeness (QED) is 0.276. The third-order valence-corrected chi connectivity index (χ3v) is 5.80. The first kappa shape index (κ1) is 37.0. The molecule has 0 heteroatoms. The Bertz CT molecular complexity index is 990. The van der Waals surface area contributed by atoms with Crippen LogP contribution in [0.5, 0.6) is 0 Å². The van der Waals surface area contributed by atoms with Gasteiger partial charge in [0.25, 0.3) is 0 Å². The summed E-state index contributed by atoms with van der Waals surface area (Å²) in [6, 6.07) is 25.5. The van der Waals surface area contributed by atoms with Gasteiger partial charge < -0.3 is 0 Å². The van der Waals surface area contributed by atoms with Crippen molar-refractivity contribution in [2.45, 2.75) is 88.0 Å². The minimum absolute atomic E-state index is 0.949. The number of hydrogen-bond donors (Lipinski definition) is 0. The number of aryl methyl sites for hydroxylation is 3. The molecular formula is C38H56. The summed E-state index contributed by atoms with van der Waals surface area (Å²) in [5.74, 6) is 0.949. The lowest BCUT2D eigenvalue weighted by molar-refractivity contribution is 0.509. The number of hydrogen-bond acceptors (Lipinski definition) is 0. The molecule has 0 aliphatic carbocycles. The van der Waals surface area contributed by atoms with Crippen molar-refractivity contribution >= 4 is 6.08 Å². The molecule has 0 N–H and O–H groups in total. The van der Waals surface area contributed by atoms with E-state index in [1.54, 1.807) is 6.08 Å². The third-order valence-electron chi connectivity index (χ3n) is 5.80. The summed E-state index contributed by atoms with van der Waals surface area (Å²) in [6.07, 6.45) is 8.71. The molecule has 0 bridgehead atoms. The molecule has 1 atom stereocenters. The second kappa shape index (κ2) is 24.2. The second-order valence-corrected chi connectivity index (χ2v) is 9.58. The molecule has 0 aliphatic rings. The Morgan fingerprint density at radius 2 is 1.29 bits per heavy atom. The normalized spacial score (nSPS) is 9.82. The molecule has 38 heavy (non-hydrogen) atoms. The van der Waals surface area contributed by atoms with Crippen LogP contribution in [-0.4, -0.2) is 0 Å². The van der Waals surface area contributed by atoms with Gasteiger partial charge in [0.1, 0.15) is 0 Å². The fourth-order valence-corrected chi connectivity index (χ4v) is 3.24. The topological polar surface area (TPSA) is 0 Å². The fourth-order valence-electron chi connectivity index (χ4n) is 3.24. The van der Waals surface area contributed by atoms with Crippen LogP contribution in [0.4, 0.5) is 0 Å². The van der Waals surface area contributed by atoms with E-state index < -0.39 is 0 Å². The Hall–Kier alpha value is -3.12. The molecule has 3 rings (SSSR count). The van der Waals surface area contributed by atoms with Crippen molar-refractivity contribution in [1.29, 1.82) is 0 Å². The summed E-state index contributed by atoms with van der Waals surface area (Å²) >= 11 is 0. The minimum Gasteiger partial charge on any atom is -0.0988 e. The van der Waals surface area contributed by atoms with Gasteiger partial charge in [-0.15, -0.1) is 0 Å². The lowest BCUT2D eigenvalue weighted by atomic mass is 9.97. The van der Waals surface area contributed by atoms with Crippen molar-refractivity contribution in [2.75, 3.05) is 0 Å². The van der Waals surface area contributed by atoms with Crippen LogP contribution in [0.1, 0.15) is 94.2 Å². The Kier molecular flexibility index (Phi) is 23.6. The molecule has 0 aromatic heterocycles. The van der Waals surface area contributed by atoms with E-state index in [9.17, 15) is 0 Å². The molecule has 3 aromatic rings. The van der Waals surface area contributed by atoms with Crippen molar-refractivity contribution in [3.05, 3.63) is 138 Å². The van der Waals surface area contributed by atoms with E-state index in [1.165, 1.54) is 52.6 Å². The standard InChI is InChI=1S/C17H18.C7H8.C7H16.C5H8.C2H6/c1-4-16-10-7-14(3)11-17(16)12-15-8-5-13(2)6-9-15;1-7-5-3-2-4-6-7;1-4-6-7(3)5-2;1-4-5(2)3;1-2/h4-11H,1,12H2,2-3H3;2-6H,1H3;7H,4-6H2,1-3H3;4H,1-2H2,3H3;1-2H3. The first-order chi connectivity index (χ1) is 18.2. The number of rotatable bonds is 7. The minimum atomic E-state index is 0.949. The molecule has 3 aromatic carbocycles. The van der Waals surface area contributed by atoms with Crippen LogP contribution >= 0.6 is 0 Å². The van der Waals surface area contributed by atoms with Gasteiger partial charge in [0, 0.05) is 0 Å². The van der Waals surface area contributed by atoms with Gasteiger partial charge in [0.05, 0.1) is 0 Å². The Morgan fingerprint density at radius 3 is 1.66 bits per heavy atom. The van der Waals surface area contributed by atoms with Crippen molar-refractivity contribution in [1.82, 2.24) is 0 Å². The van der Waals surface area contributed by atoms with E-state index in [1.807, 2.05) is 45.0 Å². The Balaban J connectivity index is 0. The van der Waals surface area contributed by atoms with Gasteiger partial charge in [-0.1, -0.05) is 181 Å². The van der Waals surface area contributed by atoms with Gasteiger partial charge in [0.2, 0.25) is 0 Å². The average Bonchev–Trinajstić information content (AvgIpc) is 2.93. The van der Waals surface area contributed by atoms with Crippen LogP contribution in [0, 0.1) is 26.7 Å². The van der Waals surface area contributed by atoms with Crippen LogP contribution in [-0.2, 0) is 6.42 Å². The summed E-state index contributed by atoms with van der Waals surface area (Å²) in [7, 11) is 0.